The number of hydrogen-bond donors (Lipinski definition) is 2. The number of rotatable bonds is 2. The molecule has 3 nitrogen and oxygen atoms in total. The molecular weight excluding hydrogens is 224 g/mol. The largest absolute Gasteiger partial charge is 0.290 e. The molecule has 0 unspecified atom stereocenters. The van der Waals surface area contributed by atoms with Crippen LogP contribution in [0.4, 0.5) is 0 Å². The Morgan fingerprint density at radius 2 is 1.72 bits per heavy atom. The fourth-order valence-corrected chi connectivity index (χ4v) is 1.67. The Kier molecular flexibility index (Phi) is 3.89. The molecule has 3 N–H and O–H groups in total. The van der Waals surface area contributed by atoms with Gasteiger partial charge in [0.05, 0.1) is 0 Å². The van der Waals surface area contributed by atoms with E-state index >= 15 is 0 Å². The first-order valence-electron chi connectivity index (χ1n) is 5.64. The van der Waals surface area contributed by atoms with Gasteiger partial charge in [-0.1, -0.05) is 54.6 Å². The minimum atomic E-state index is -0.301. The van der Waals surface area contributed by atoms with Gasteiger partial charge in [-0.25, -0.2) is 5.84 Å². The number of hydrazine groups is 1. The quantitative estimate of drug-likeness (QED) is 0.471. The molecule has 0 bridgehead atoms. The molecule has 0 aliphatic heterocycles. The van der Waals surface area contributed by atoms with Crippen LogP contribution in [0, 0.1) is 0 Å². The average molecular weight is 238 g/mol. The summed E-state index contributed by atoms with van der Waals surface area (Å²) in [6.45, 7) is 0. The number of amides is 1. The summed E-state index contributed by atoms with van der Waals surface area (Å²) >= 11 is 0. The third-order valence-electron chi connectivity index (χ3n) is 2.61. The van der Waals surface area contributed by atoms with Gasteiger partial charge in [-0.15, -0.1) is 0 Å². The summed E-state index contributed by atoms with van der Waals surface area (Å²) < 4.78 is 0. The molecule has 0 saturated heterocycles. The Balaban J connectivity index is 2.35. The number of carbonyl (C=O) groups excluding carboxylic acids is 1. The molecule has 0 aromatic heterocycles. The molecule has 1 aliphatic carbocycles. The molecule has 0 spiro atoms. The predicted molar refractivity (Wildman–Crippen MR) is 73.1 cm³/mol. The van der Waals surface area contributed by atoms with Crippen molar-refractivity contribution in [3.8, 4) is 0 Å². The summed E-state index contributed by atoms with van der Waals surface area (Å²) in [4.78, 5) is 11.5. The lowest BCUT2D eigenvalue weighted by molar-refractivity contribution is -0.117. The molecule has 2 rings (SSSR count). The summed E-state index contributed by atoms with van der Waals surface area (Å²) in [6, 6.07) is 9.99. The second kappa shape index (κ2) is 5.80. The highest BCUT2D eigenvalue weighted by molar-refractivity contribution is 5.96. The van der Waals surface area contributed by atoms with Crippen molar-refractivity contribution in [1.82, 2.24) is 5.43 Å². The van der Waals surface area contributed by atoms with Crippen molar-refractivity contribution < 1.29 is 4.79 Å². The molecule has 1 aromatic carbocycles. The highest BCUT2D eigenvalue weighted by atomic mass is 16.2. The third kappa shape index (κ3) is 2.84. The van der Waals surface area contributed by atoms with E-state index in [0.717, 1.165) is 11.1 Å². The number of benzene rings is 1. The summed E-state index contributed by atoms with van der Waals surface area (Å²) in [5.41, 5.74) is 4.80. The maximum atomic E-state index is 11.5. The van der Waals surface area contributed by atoms with Crippen molar-refractivity contribution in [2.45, 2.75) is 0 Å². The van der Waals surface area contributed by atoms with E-state index in [2.05, 4.69) is 5.43 Å². The third-order valence-corrected chi connectivity index (χ3v) is 2.61. The fourth-order valence-electron chi connectivity index (χ4n) is 1.67. The lowest BCUT2D eigenvalue weighted by Crippen LogP contribution is -2.30. The monoisotopic (exact) mass is 238 g/mol. The minimum Gasteiger partial charge on any atom is -0.290 e. The van der Waals surface area contributed by atoms with Crippen LogP contribution in [-0.2, 0) is 4.79 Å². The Labute approximate surface area is 106 Å². The van der Waals surface area contributed by atoms with Gasteiger partial charge in [0.2, 0.25) is 0 Å². The molecule has 1 amide bonds. The van der Waals surface area contributed by atoms with Crippen LogP contribution in [0.15, 0.2) is 72.4 Å². The zero-order chi connectivity index (χ0) is 12.8. The lowest BCUT2D eigenvalue weighted by atomic mass is 10.0. The van der Waals surface area contributed by atoms with Crippen molar-refractivity contribution in [3.63, 3.8) is 0 Å². The molecule has 0 heterocycles. The van der Waals surface area contributed by atoms with Crippen LogP contribution in [0.3, 0.4) is 0 Å². The van der Waals surface area contributed by atoms with Crippen LogP contribution in [0.5, 0.6) is 0 Å². The standard InChI is InChI=1S/C15H14N2O/c16-17-15(18)14-9-5-4-8-13(10-11-14)12-6-2-1-3-7-12/h1-11H,16H2,(H,17,18). The van der Waals surface area contributed by atoms with Crippen molar-refractivity contribution in [2.75, 3.05) is 0 Å². The zero-order valence-electron chi connectivity index (χ0n) is 9.84. The van der Waals surface area contributed by atoms with Crippen LogP contribution in [0.25, 0.3) is 5.57 Å². The van der Waals surface area contributed by atoms with Crippen molar-refractivity contribution in [1.29, 1.82) is 0 Å². The van der Waals surface area contributed by atoms with Gasteiger partial charge in [-0.2, -0.15) is 0 Å². The summed E-state index contributed by atoms with van der Waals surface area (Å²) in [7, 11) is 0. The Bertz CT molecular complexity index is 551. The van der Waals surface area contributed by atoms with E-state index in [-0.39, 0.29) is 5.91 Å². The zero-order valence-corrected chi connectivity index (χ0v) is 9.84. The average Bonchev–Trinajstić information content (AvgIpc) is 2.39. The SMILES string of the molecule is NNC(=O)C1=CC=C(c2ccccc2)C=CC=C1. The molecule has 0 saturated carbocycles. The number of hydrogen-bond acceptors (Lipinski definition) is 2. The van der Waals surface area contributed by atoms with E-state index in [0.29, 0.717) is 5.57 Å². The maximum Gasteiger partial charge on any atom is 0.265 e. The van der Waals surface area contributed by atoms with E-state index in [4.69, 9.17) is 5.84 Å². The van der Waals surface area contributed by atoms with E-state index < -0.39 is 0 Å². The second-order valence-electron chi connectivity index (χ2n) is 3.80. The summed E-state index contributed by atoms with van der Waals surface area (Å²) in [5.74, 6) is 4.83. The fraction of sp³-hybridized carbons (Fsp3) is 0. The van der Waals surface area contributed by atoms with Crippen LogP contribution in [-0.4, -0.2) is 5.91 Å². The van der Waals surface area contributed by atoms with Gasteiger partial charge in [-0.05, 0) is 23.3 Å². The van der Waals surface area contributed by atoms with E-state index in [1.807, 2.05) is 54.6 Å². The maximum absolute atomic E-state index is 11.5. The summed E-state index contributed by atoms with van der Waals surface area (Å²) in [6.07, 6.45) is 11.1. The van der Waals surface area contributed by atoms with Crippen LogP contribution < -0.4 is 11.3 Å². The molecular formula is C15H14N2O. The minimum absolute atomic E-state index is 0.301. The Morgan fingerprint density at radius 1 is 1.00 bits per heavy atom. The first-order valence-corrected chi connectivity index (χ1v) is 5.64. The first-order chi connectivity index (χ1) is 8.81. The van der Waals surface area contributed by atoms with Gasteiger partial charge in [0.1, 0.15) is 0 Å². The number of carbonyl (C=O) groups is 1. The van der Waals surface area contributed by atoms with Gasteiger partial charge in [0, 0.05) is 5.57 Å². The van der Waals surface area contributed by atoms with E-state index in [9.17, 15) is 4.79 Å². The number of nitrogens with two attached hydrogens (primary N) is 1. The second-order valence-corrected chi connectivity index (χ2v) is 3.80. The van der Waals surface area contributed by atoms with Crippen molar-refractivity contribution in [2.24, 2.45) is 5.84 Å². The summed E-state index contributed by atoms with van der Waals surface area (Å²) in [5, 5.41) is 0. The van der Waals surface area contributed by atoms with Gasteiger partial charge in [-0.3, -0.25) is 10.2 Å². The first kappa shape index (κ1) is 12.1. The van der Waals surface area contributed by atoms with Crippen LogP contribution in [0.2, 0.25) is 0 Å². The van der Waals surface area contributed by atoms with Gasteiger partial charge < -0.3 is 0 Å². The van der Waals surface area contributed by atoms with Gasteiger partial charge >= 0.3 is 0 Å². The van der Waals surface area contributed by atoms with Gasteiger partial charge in [0.15, 0.2) is 0 Å². The molecule has 1 aliphatic rings. The molecule has 0 fully saturated rings. The predicted octanol–water partition coefficient (Wildman–Crippen LogP) is 2.11. The molecule has 3 heteroatoms. The highest BCUT2D eigenvalue weighted by Crippen LogP contribution is 2.17. The van der Waals surface area contributed by atoms with Crippen LogP contribution in [0.1, 0.15) is 5.56 Å². The normalized spacial score (nSPS) is 14.3. The molecule has 0 radical (unpaired) electrons. The topological polar surface area (TPSA) is 55.1 Å². The lowest BCUT2D eigenvalue weighted by Gasteiger charge is -2.04. The smallest absolute Gasteiger partial charge is 0.265 e. The Hall–Kier alpha value is -2.39. The van der Waals surface area contributed by atoms with Crippen molar-refractivity contribution >= 4 is 11.5 Å². The van der Waals surface area contributed by atoms with Crippen molar-refractivity contribution in [3.05, 3.63) is 77.9 Å². The molecule has 90 valence electrons. The van der Waals surface area contributed by atoms with E-state index in [1.54, 1.807) is 12.2 Å². The molecule has 18 heavy (non-hydrogen) atoms. The van der Waals surface area contributed by atoms with Gasteiger partial charge in [0.25, 0.3) is 5.91 Å². The number of allylic oxidation sites excluding steroid dienone is 6. The Morgan fingerprint density at radius 3 is 2.44 bits per heavy atom. The number of nitrogens with one attached hydrogen (secondary N) is 1. The van der Waals surface area contributed by atoms with Crippen LogP contribution >= 0.6 is 0 Å². The van der Waals surface area contributed by atoms with E-state index in [1.165, 1.54) is 0 Å². The highest BCUT2D eigenvalue weighted by Gasteiger charge is 2.04. The molecule has 1 aromatic rings. The molecule has 0 atom stereocenters.